The van der Waals surface area contributed by atoms with E-state index in [-0.39, 0.29) is 22.5 Å². The number of rotatable bonds is 6. The molecule has 170 valence electrons. The van der Waals surface area contributed by atoms with Gasteiger partial charge in [-0.3, -0.25) is 9.36 Å². The fourth-order valence-corrected chi connectivity index (χ4v) is 5.82. The number of Topliss-reactive ketones (excluding diaryl/α,β-unsaturated/α-hetero) is 1. The van der Waals surface area contributed by atoms with Crippen molar-refractivity contribution in [1.29, 1.82) is 0 Å². The highest BCUT2D eigenvalue weighted by Gasteiger charge is 2.41. The molecule has 0 radical (unpaired) electrons. The molecule has 1 aliphatic rings. The standard InChI is InChI=1S/C24H39O5P/c1-15(30(26,28-9)29-10)21(25)17-14-19(24(5,6)7)22(27-8)20-16(17)12-11-13-18(20)23(2,3)4/h14-15,18H,11-13H2,1-10H3. The first-order valence-corrected chi connectivity index (χ1v) is 12.3. The maximum Gasteiger partial charge on any atom is 0.340 e. The van der Waals surface area contributed by atoms with Crippen molar-refractivity contribution in [2.45, 2.75) is 84.7 Å². The Bertz CT molecular complexity index is 837. The molecule has 0 aromatic heterocycles. The molecular weight excluding hydrogens is 399 g/mol. The quantitative estimate of drug-likeness (QED) is 0.374. The molecular formula is C24H39O5P. The molecule has 2 unspecified atom stereocenters. The Morgan fingerprint density at radius 1 is 1.10 bits per heavy atom. The summed E-state index contributed by atoms with van der Waals surface area (Å²) in [6, 6.07) is 1.96. The van der Waals surface area contributed by atoms with Crippen molar-refractivity contribution in [3.8, 4) is 5.75 Å². The summed E-state index contributed by atoms with van der Waals surface area (Å²) in [5, 5.41) is 0. The molecule has 1 aromatic rings. The smallest absolute Gasteiger partial charge is 0.340 e. The molecule has 30 heavy (non-hydrogen) atoms. The van der Waals surface area contributed by atoms with E-state index in [2.05, 4.69) is 41.5 Å². The number of benzene rings is 1. The van der Waals surface area contributed by atoms with E-state index in [1.807, 2.05) is 6.07 Å². The molecule has 1 aromatic carbocycles. The highest BCUT2D eigenvalue weighted by Crippen LogP contribution is 2.55. The van der Waals surface area contributed by atoms with Crippen molar-refractivity contribution in [2.24, 2.45) is 5.41 Å². The summed E-state index contributed by atoms with van der Waals surface area (Å²) in [6.45, 7) is 14.7. The summed E-state index contributed by atoms with van der Waals surface area (Å²) in [5.74, 6) is 0.973. The van der Waals surface area contributed by atoms with Gasteiger partial charge in [0, 0.05) is 30.9 Å². The van der Waals surface area contributed by atoms with Crippen LogP contribution in [0.25, 0.3) is 0 Å². The van der Waals surface area contributed by atoms with Crippen LogP contribution in [0.2, 0.25) is 0 Å². The van der Waals surface area contributed by atoms with E-state index in [1.165, 1.54) is 14.2 Å². The molecule has 0 spiro atoms. The van der Waals surface area contributed by atoms with Crippen molar-refractivity contribution in [3.63, 3.8) is 0 Å². The summed E-state index contributed by atoms with van der Waals surface area (Å²) in [4.78, 5) is 13.6. The van der Waals surface area contributed by atoms with E-state index in [0.29, 0.717) is 5.56 Å². The van der Waals surface area contributed by atoms with E-state index in [9.17, 15) is 9.36 Å². The van der Waals surface area contributed by atoms with Gasteiger partial charge in [0.2, 0.25) is 0 Å². The monoisotopic (exact) mass is 438 g/mol. The predicted octanol–water partition coefficient (Wildman–Crippen LogP) is 6.52. The molecule has 0 saturated heterocycles. The number of fused-ring (bicyclic) bond motifs is 1. The van der Waals surface area contributed by atoms with Gasteiger partial charge in [-0.15, -0.1) is 0 Å². The van der Waals surface area contributed by atoms with Gasteiger partial charge in [0.05, 0.1) is 7.11 Å². The molecule has 1 aliphatic carbocycles. The summed E-state index contributed by atoms with van der Waals surface area (Å²) < 4.78 is 29.2. The third-order valence-corrected chi connectivity index (χ3v) is 8.58. The molecule has 0 aliphatic heterocycles. The maximum absolute atomic E-state index is 13.6. The van der Waals surface area contributed by atoms with Crippen LogP contribution in [0.3, 0.4) is 0 Å². The third kappa shape index (κ3) is 4.54. The molecule has 0 N–H and O–H groups in total. The fraction of sp³-hybridized carbons (Fsp3) is 0.708. The SMILES string of the molecule is COc1c(C(C)(C)C)cc(C(=O)C(C)P(=O)(OC)OC)c2c1C(C(C)(C)C)CCC2. The molecule has 0 fully saturated rings. The van der Waals surface area contributed by atoms with Crippen LogP contribution in [0.4, 0.5) is 0 Å². The van der Waals surface area contributed by atoms with Gasteiger partial charge >= 0.3 is 7.60 Å². The number of ketones is 1. The van der Waals surface area contributed by atoms with Crippen LogP contribution in [0.1, 0.15) is 94.3 Å². The second-order valence-corrected chi connectivity index (χ2v) is 13.0. The van der Waals surface area contributed by atoms with Gasteiger partial charge in [-0.2, -0.15) is 0 Å². The number of hydrogen-bond acceptors (Lipinski definition) is 5. The molecule has 0 saturated carbocycles. The van der Waals surface area contributed by atoms with Gasteiger partial charge in [-0.25, -0.2) is 0 Å². The third-order valence-electron chi connectivity index (χ3n) is 6.38. The van der Waals surface area contributed by atoms with Crippen LogP contribution in [-0.2, 0) is 25.4 Å². The lowest BCUT2D eigenvalue weighted by molar-refractivity contribution is 0.0976. The topological polar surface area (TPSA) is 61.8 Å². The molecule has 5 nitrogen and oxygen atoms in total. The Morgan fingerprint density at radius 2 is 1.67 bits per heavy atom. The second kappa shape index (κ2) is 8.76. The minimum atomic E-state index is -3.53. The highest BCUT2D eigenvalue weighted by atomic mass is 31.2. The van der Waals surface area contributed by atoms with Gasteiger partial charge in [0.1, 0.15) is 11.4 Å². The van der Waals surface area contributed by atoms with Crippen molar-refractivity contribution in [3.05, 3.63) is 28.3 Å². The molecule has 0 bridgehead atoms. The zero-order valence-corrected chi connectivity index (χ0v) is 21.2. The van der Waals surface area contributed by atoms with Crippen LogP contribution in [0.15, 0.2) is 6.07 Å². The lowest BCUT2D eigenvalue weighted by Crippen LogP contribution is -2.29. The fourth-order valence-electron chi connectivity index (χ4n) is 4.61. The Kier molecular flexibility index (Phi) is 7.33. The van der Waals surface area contributed by atoms with E-state index < -0.39 is 13.3 Å². The number of ether oxygens (including phenoxy) is 1. The number of methoxy groups -OCH3 is 1. The van der Waals surface area contributed by atoms with Gasteiger partial charge in [-0.05, 0) is 54.6 Å². The first kappa shape index (κ1) is 25.1. The zero-order valence-electron chi connectivity index (χ0n) is 20.3. The molecule has 2 rings (SSSR count). The largest absolute Gasteiger partial charge is 0.496 e. The minimum Gasteiger partial charge on any atom is -0.496 e. The summed E-state index contributed by atoms with van der Waals surface area (Å²) in [7, 11) is 0.837. The highest BCUT2D eigenvalue weighted by molar-refractivity contribution is 7.55. The van der Waals surface area contributed by atoms with Crippen molar-refractivity contribution < 1.29 is 23.1 Å². The van der Waals surface area contributed by atoms with Crippen molar-refractivity contribution in [1.82, 2.24) is 0 Å². The lowest BCUT2D eigenvalue weighted by Gasteiger charge is -2.39. The average molecular weight is 439 g/mol. The minimum absolute atomic E-state index is 0.0270. The number of carbonyl (C=O) groups is 1. The van der Waals surface area contributed by atoms with E-state index in [0.717, 1.165) is 41.7 Å². The Balaban J connectivity index is 2.86. The van der Waals surface area contributed by atoms with Crippen LogP contribution in [0.5, 0.6) is 5.75 Å². The number of carbonyl (C=O) groups excluding carboxylic acids is 1. The average Bonchev–Trinajstić information content (AvgIpc) is 2.68. The first-order chi connectivity index (χ1) is 13.7. The first-order valence-electron chi connectivity index (χ1n) is 10.7. The normalized spacial score (nSPS) is 18.7. The van der Waals surface area contributed by atoms with E-state index in [1.54, 1.807) is 14.0 Å². The summed E-state index contributed by atoms with van der Waals surface area (Å²) in [6.07, 6.45) is 2.87. The summed E-state index contributed by atoms with van der Waals surface area (Å²) in [5.41, 5.74) is 2.73. The lowest BCUT2D eigenvalue weighted by atomic mass is 9.66. The summed E-state index contributed by atoms with van der Waals surface area (Å²) >= 11 is 0. The van der Waals surface area contributed by atoms with Gasteiger partial charge in [0.25, 0.3) is 0 Å². The van der Waals surface area contributed by atoms with Crippen LogP contribution in [-0.4, -0.2) is 32.8 Å². The Hall–Kier alpha value is -1.16. The predicted molar refractivity (Wildman–Crippen MR) is 122 cm³/mol. The molecule has 2 atom stereocenters. The Labute approximate surface area is 182 Å². The van der Waals surface area contributed by atoms with Gasteiger partial charge < -0.3 is 13.8 Å². The van der Waals surface area contributed by atoms with Gasteiger partial charge in [-0.1, -0.05) is 41.5 Å². The van der Waals surface area contributed by atoms with Crippen molar-refractivity contribution >= 4 is 13.4 Å². The van der Waals surface area contributed by atoms with Gasteiger partial charge in [0.15, 0.2) is 5.78 Å². The van der Waals surface area contributed by atoms with E-state index in [4.69, 9.17) is 13.8 Å². The van der Waals surface area contributed by atoms with Crippen molar-refractivity contribution in [2.75, 3.05) is 21.3 Å². The second-order valence-electron chi connectivity index (χ2n) is 10.4. The molecule has 0 heterocycles. The molecule has 6 heteroatoms. The zero-order chi connectivity index (χ0) is 23.1. The van der Waals surface area contributed by atoms with E-state index >= 15 is 0 Å². The van der Waals surface area contributed by atoms with Crippen LogP contribution < -0.4 is 4.74 Å². The number of hydrogen-bond donors (Lipinski definition) is 0. The Morgan fingerprint density at radius 3 is 2.10 bits per heavy atom. The van der Waals surface area contributed by atoms with Crippen LogP contribution >= 0.6 is 7.60 Å². The van der Waals surface area contributed by atoms with Crippen LogP contribution in [0, 0.1) is 5.41 Å². The molecule has 0 amide bonds. The maximum atomic E-state index is 13.6.